The highest BCUT2D eigenvalue weighted by atomic mass is 32.2. The number of pyridine rings is 1. The lowest BCUT2D eigenvalue weighted by Crippen LogP contribution is -2.56. The van der Waals surface area contributed by atoms with E-state index in [0.29, 0.717) is 25.7 Å². The first-order valence-electron chi connectivity index (χ1n) is 12.0. The van der Waals surface area contributed by atoms with E-state index in [4.69, 9.17) is 4.74 Å². The number of rotatable bonds is 0. The van der Waals surface area contributed by atoms with Crippen molar-refractivity contribution in [2.45, 2.75) is 36.5 Å². The third-order valence-corrected chi connectivity index (χ3v) is 8.36. The third kappa shape index (κ3) is 3.67. The Balaban J connectivity index is 1.65. The number of hydrogen-bond acceptors (Lipinski definition) is 6. The summed E-state index contributed by atoms with van der Waals surface area (Å²) in [6.07, 6.45) is 3.29. The number of carbonyl (C=O) groups is 1. The van der Waals surface area contributed by atoms with E-state index >= 15 is 0 Å². The van der Waals surface area contributed by atoms with Crippen molar-refractivity contribution in [3.8, 4) is 11.5 Å². The average molecular weight is 490 g/mol. The second-order valence-corrected chi connectivity index (χ2v) is 10.5. The van der Waals surface area contributed by atoms with Crippen molar-refractivity contribution in [3.05, 3.63) is 87.3 Å². The van der Waals surface area contributed by atoms with Crippen molar-refractivity contribution in [2.75, 3.05) is 24.8 Å². The summed E-state index contributed by atoms with van der Waals surface area (Å²) < 4.78 is 8.08. The van der Waals surface area contributed by atoms with E-state index in [1.807, 2.05) is 24.3 Å². The van der Waals surface area contributed by atoms with Crippen molar-refractivity contribution in [2.24, 2.45) is 5.92 Å². The number of aromatic hydroxyl groups is 1. The Morgan fingerprint density at radius 1 is 1.06 bits per heavy atom. The molecule has 3 aromatic rings. The van der Waals surface area contributed by atoms with Crippen LogP contribution in [0.5, 0.6) is 11.5 Å². The molecule has 0 aliphatic carbocycles. The molecular weight excluding hydrogens is 462 g/mol. The molecule has 0 fully saturated rings. The van der Waals surface area contributed by atoms with Crippen molar-refractivity contribution >= 4 is 17.7 Å². The summed E-state index contributed by atoms with van der Waals surface area (Å²) in [5, 5.41) is 12.8. The Morgan fingerprint density at radius 2 is 1.91 bits per heavy atom. The molecular formula is C27H27N3O4S. The monoisotopic (exact) mass is 489 g/mol. The van der Waals surface area contributed by atoms with Crippen molar-refractivity contribution in [1.29, 1.82) is 0 Å². The number of carbonyl (C=O) groups excluding carboxylic acids is 1. The molecule has 1 aromatic heterocycles. The Kier molecular flexibility index (Phi) is 5.48. The molecule has 2 atom stereocenters. The number of thioether (sulfide) groups is 1. The van der Waals surface area contributed by atoms with Crippen molar-refractivity contribution in [1.82, 2.24) is 9.58 Å². The number of nitrogens with zero attached hydrogens (tertiary/aromatic N) is 3. The maximum Gasteiger partial charge on any atom is 0.277 e. The summed E-state index contributed by atoms with van der Waals surface area (Å²) in [6, 6.07) is 15.6. The molecule has 35 heavy (non-hydrogen) atoms. The molecule has 8 heteroatoms. The highest BCUT2D eigenvalue weighted by Gasteiger charge is 2.39. The molecule has 0 saturated carbocycles. The van der Waals surface area contributed by atoms with Gasteiger partial charge in [0.2, 0.25) is 5.43 Å². The summed E-state index contributed by atoms with van der Waals surface area (Å²) >= 11 is 1.79. The van der Waals surface area contributed by atoms with Gasteiger partial charge in [0.25, 0.3) is 5.91 Å². The molecule has 6 rings (SSSR count). The number of hydrogen-bond donors (Lipinski definition) is 1. The maximum atomic E-state index is 13.5. The zero-order valence-corrected chi connectivity index (χ0v) is 20.3. The fraction of sp³-hybridized carbons (Fsp3) is 0.333. The van der Waals surface area contributed by atoms with Gasteiger partial charge in [-0.05, 0) is 42.0 Å². The minimum absolute atomic E-state index is 0.0165. The first-order valence-corrected chi connectivity index (χ1v) is 13.0. The summed E-state index contributed by atoms with van der Waals surface area (Å²) in [5.41, 5.74) is 2.81. The first-order chi connectivity index (χ1) is 17.0. The lowest BCUT2D eigenvalue weighted by Gasteiger charge is -2.44. The molecule has 3 aliphatic heterocycles. The van der Waals surface area contributed by atoms with Crippen LogP contribution in [-0.2, 0) is 5.75 Å². The molecule has 2 aromatic carbocycles. The van der Waals surface area contributed by atoms with Crippen LogP contribution in [0, 0.1) is 5.92 Å². The molecule has 4 heterocycles. The normalized spacial score (nSPS) is 21.5. The largest absolute Gasteiger partial charge is 0.502 e. The Bertz CT molecular complexity index is 1370. The van der Waals surface area contributed by atoms with Crippen LogP contribution in [0.25, 0.3) is 0 Å². The van der Waals surface area contributed by atoms with Gasteiger partial charge in [-0.1, -0.05) is 37.3 Å². The van der Waals surface area contributed by atoms with Gasteiger partial charge < -0.3 is 14.7 Å². The van der Waals surface area contributed by atoms with Crippen LogP contribution < -0.4 is 15.2 Å². The summed E-state index contributed by atoms with van der Waals surface area (Å²) in [6.45, 7) is 3.64. The van der Waals surface area contributed by atoms with E-state index in [0.717, 1.165) is 40.4 Å². The van der Waals surface area contributed by atoms with Crippen molar-refractivity contribution in [3.63, 3.8) is 0 Å². The van der Waals surface area contributed by atoms with Crippen LogP contribution in [0.3, 0.4) is 0 Å². The van der Waals surface area contributed by atoms with Crippen LogP contribution in [0.1, 0.15) is 53.0 Å². The molecule has 0 saturated heterocycles. The van der Waals surface area contributed by atoms with Gasteiger partial charge in [0, 0.05) is 35.0 Å². The molecule has 0 unspecified atom stereocenters. The van der Waals surface area contributed by atoms with E-state index in [9.17, 15) is 14.7 Å². The minimum Gasteiger partial charge on any atom is -0.502 e. The van der Waals surface area contributed by atoms with Gasteiger partial charge in [-0.25, -0.2) is 0 Å². The van der Waals surface area contributed by atoms with Crippen LogP contribution >= 0.6 is 11.8 Å². The summed E-state index contributed by atoms with van der Waals surface area (Å²) in [7, 11) is 0. The van der Waals surface area contributed by atoms with Crippen LogP contribution in [0.2, 0.25) is 0 Å². The van der Waals surface area contributed by atoms with E-state index in [1.165, 1.54) is 11.6 Å². The lowest BCUT2D eigenvalue weighted by molar-refractivity contribution is 0.0665. The zero-order valence-electron chi connectivity index (χ0n) is 19.5. The fourth-order valence-electron chi connectivity index (χ4n) is 5.27. The SMILES string of the molecule is C[C@H]1CCOc2cccc3c2[C@@H](c2ccccc2SC3)N2CN(CC1)C(=O)c1c(O)c(=O)ccn12. The molecule has 0 spiro atoms. The van der Waals surface area contributed by atoms with Crippen LogP contribution in [0.15, 0.2) is 64.4 Å². The van der Waals surface area contributed by atoms with Crippen LogP contribution in [-0.4, -0.2) is 40.4 Å². The van der Waals surface area contributed by atoms with Gasteiger partial charge in [-0.15, -0.1) is 11.8 Å². The predicted molar refractivity (Wildman–Crippen MR) is 135 cm³/mol. The van der Waals surface area contributed by atoms with E-state index in [-0.39, 0.29) is 17.6 Å². The molecule has 7 nitrogen and oxygen atoms in total. The zero-order chi connectivity index (χ0) is 24.1. The number of ether oxygens (including phenoxy) is 1. The topological polar surface area (TPSA) is 75.0 Å². The quantitative estimate of drug-likeness (QED) is 0.512. The number of benzene rings is 2. The number of fused-ring (bicyclic) bond motifs is 7. The number of amides is 1. The molecule has 180 valence electrons. The second-order valence-electron chi connectivity index (χ2n) is 9.46. The minimum atomic E-state index is -0.554. The lowest BCUT2D eigenvalue weighted by atomic mass is 9.93. The van der Waals surface area contributed by atoms with Gasteiger partial charge in [-0.3, -0.25) is 19.3 Å². The van der Waals surface area contributed by atoms with Gasteiger partial charge in [0.05, 0.1) is 6.61 Å². The molecule has 3 aliphatic rings. The Morgan fingerprint density at radius 3 is 2.80 bits per heavy atom. The molecule has 1 amide bonds. The van der Waals surface area contributed by atoms with E-state index in [1.54, 1.807) is 27.5 Å². The van der Waals surface area contributed by atoms with E-state index in [2.05, 4.69) is 30.1 Å². The molecule has 0 radical (unpaired) electrons. The van der Waals surface area contributed by atoms with Gasteiger partial charge in [0.15, 0.2) is 11.4 Å². The smallest absolute Gasteiger partial charge is 0.277 e. The Hall–Kier alpha value is -3.39. The van der Waals surface area contributed by atoms with Gasteiger partial charge in [0.1, 0.15) is 18.5 Å². The fourth-order valence-corrected chi connectivity index (χ4v) is 6.35. The highest BCUT2D eigenvalue weighted by molar-refractivity contribution is 7.98. The van der Waals surface area contributed by atoms with E-state index < -0.39 is 11.2 Å². The molecule has 1 N–H and O–H groups in total. The second kappa shape index (κ2) is 8.68. The third-order valence-electron chi connectivity index (χ3n) is 7.22. The highest BCUT2D eigenvalue weighted by Crippen LogP contribution is 2.46. The summed E-state index contributed by atoms with van der Waals surface area (Å²) in [5.74, 6) is 1.18. The molecule has 2 bridgehead atoms. The average Bonchev–Trinajstić information content (AvgIpc) is 3.02. The van der Waals surface area contributed by atoms with Gasteiger partial charge >= 0.3 is 0 Å². The maximum absolute atomic E-state index is 13.5. The Labute approximate surface area is 207 Å². The standard InChI is InChI=1S/C27H27N3O4S/c1-17-9-12-28-16-30(29-13-10-20(31)26(32)25(29)27(28)33)24-19-6-2-3-8-22(19)35-15-18-5-4-7-21(23(18)24)34-14-11-17/h2-8,10,13,17,24,32H,9,11-12,14-16H2,1H3/t17-,24-/m1/s1. The predicted octanol–water partition coefficient (Wildman–Crippen LogP) is 4.11. The van der Waals surface area contributed by atoms with Crippen molar-refractivity contribution < 1.29 is 14.6 Å². The summed E-state index contributed by atoms with van der Waals surface area (Å²) in [4.78, 5) is 28.8. The van der Waals surface area contributed by atoms with Gasteiger partial charge in [-0.2, -0.15) is 0 Å². The number of aromatic nitrogens is 1. The van der Waals surface area contributed by atoms with Crippen LogP contribution in [0.4, 0.5) is 0 Å². The first kappa shape index (κ1) is 22.1.